The molecule has 1 aromatic rings. The first kappa shape index (κ1) is 9.22. The van der Waals surface area contributed by atoms with Crippen molar-refractivity contribution < 1.29 is 0 Å². The quantitative estimate of drug-likeness (QED) is 0.734. The van der Waals surface area contributed by atoms with Crippen molar-refractivity contribution in [2.75, 3.05) is 11.9 Å². The van der Waals surface area contributed by atoms with E-state index in [1.807, 2.05) is 0 Å². The third kappa shape index (κ3) is 2.12. The van der Waals surface area contributed by atoms with E-state index in [-0.39, 0.29) is 0 Å². The van der Waals surface area contributed by atoms with Gasteiger partial charge in [0.15, 0.2) is 0 Å². The molecule has 0 saturated carbocycles. The lowest BCUT2D eigenvalue weighted by Crippen LogP contribution is -2.47. The van der Waals surface area contributed by atoms with Crippen molar-refractivity contribution >= 4 is 15.9 Å². The summed E-state index contributed by atoms with van der Waals surface area (Å²) in [7, 11) is 0. The molecule has 0 amide bonds. The zero-order chi connectivity index (χ0) is 9.10. The van der Waals surface area contributed by atoms with Gasteiger partial charge in [0.05, 0.1) is 0 Å². The highest BCUT2D eigenvalue weighted by Crippen LogP contribution is 2.21. The van der Waals surface area contributed by atoms with Gasteiger partial charge in [-0.1, -0.05) is 46.3 Å². The number of hydrogen-bond donors (Lipinski definition) is 0. The Morgan fingerprint density at radius 3 is 2.62 bits per heavy atom. The summed E-state index contributed by atoms with van der Waals surface area (Å²) < 4.78 is 0. The van der Waals surface area contributed by atoms with E-state index in [4.69, 9.17) is 0 Å². The zero-order valence-corrected chi connectivity index (χ0v) is 9.20. The van der Waals surface area contributed by atoms with Crippen molar-refractivity contribution in [3.63, 3.8) is 0 Å². The average Bonchev–Trinajstić information content (AvgIpc) is 2.15. The number of benzene rings is 1. The van der Waals surface area contributed by atoms with Gasteiger partial charge in [-0.2, -0.15) is 0 Å². The standard InChI is InChI=1S/C11H14BrN/c12-8-11-6-7-13(11)9-10-4-2-1-3-5-10/h1-5,11H,6-9H2. The van der Waals surface area contributed by atoms with Crippen LogP contribution in [0, 0.1) is 0 Å². The first-order valence-electron chi connectivity index (χ1n) is 4.74. The first-order valence-corrected chi connectivity index (χ1v) is 5.86. The monoisotopic (exact) mass is 239 g/mol. The fourth-order valence-corrected chi connectivity index (χ4v) is 2.43. The molecular weight excluding hydrogens is 226 g/mol. The van der Waals surface area contributed by atoms with Crippen LogP contribution in [0.5, 0.6) is 0 Å². The van der Waals surface area contributed by atoms with Crippen LogP contribution in [0.4, 0.5) is 0 Å². The van der Waals surface area contributed by atoms with Crippen LogP contribution in [0.15, 0.2) is 30.3 Å². The summed E-state index contributed by atoms with van der Waals surface area (Å²) in [5.41, 5.74) is 1.42. The molecule has 1 aromatic carbocycles. The van der Waals surface area contributed by atoms with E-state index in [1.54, 1.807) is 0 Å². The largest absolute Gasteiger partial charge is 0.295 e. The molecule has 2 rings (SSSR count). The lowest BCUT2D eigenvalue weighted by atomic mass is 10.0. The van der Waals surface area contributed by atoms with E-state index in [1.165, 1.54) is 18.5 Å². The van der Waals surface area contributed by atoms with Gasteiger partial charge in [-0.3, -0.25) is 4.90 Å². The number of likely N-dealkylation sites (tertiary alicyclic amines) is 1. The van der Waals surface area contributed by atoms with E-state index in [0.29, 0.717) is 0 Å². The Bertz CT molecular complexity index is 258. The van der Waals surface area contributed by atoms with Gasteiger partial charge in [-0.25, -0.2) is 0 Å². The fraction of sp³-hybridized carbons (Fsp3) is 0.455. The number of rotatable bonds is 3. The topological polar surface area (TPSA) is 3.24 Å². The highest BCUT2D eigenvalue weighted by molar-refractivity contribution is 9.09. The summed E-state index contributed by atoms with van der Waals surface area (Å²) >= 11 is 3.54. The van der Waals surface area contributed by atoms with Gasteiger partial charge >= 0.3 is 0 Å². The Balaban J connectivity index is 1.92. The molecule has 1 nitrogen and oxygen atoms in total. The molecule has 0 N–H and O–H groups in total. The summed E-state index contributed by atoms with van der Waals surface area (Å²) in [5.74, 6) is 0. The van der Waals surface area contributed by atoms with Crippen molar-refractivity contribution in [2.45, 2.75) is 19.0 Å². The van der Waals surface area contributed by atoms with E-state index < -0.39 is 0 Å². The first-order chi connectivity index (χ1) is 6.40. The summed E-state index contributed by atoms with van der Waals surface area (Å²) in [6.45, 7) is 2.36. The van der Waals surface area contributed by atoms with Crippen LogP contribution in [-0.4, -0.2) is 22.8 Å². The maximum Gasteiger partial charge on any atom is 0.0237 e. The minimum absolute atomic E-state index is 0.764. The van der Waals surface area contributed by atoms with Crippen LogP contribution in [0.3, 0.4) is 0 Å². The minimum atomic E-state index is 0.764. The molecular formula is C11H14BrN. The molecule has 2 heteroatoms. The molecule has 13 heavy (non-hydrogen) atoms. The predicted molar refractivity (Wildman–Crippen MR) is 59.1 cm³/mol. The summed E-state index contributed by atoms with van der Waals surface area (Å²) in [5, 5.41) is 1.11. The molecule has 1 saturated heterocycles. The molecule has 1 heterocycles. The fourth-order valence-electron chi connectivity index (χ4n) is 1.70. The number of hydrogen-bond acceptors (Lipinski definition) is 1. The van der Waals surface area contributed by atoms with Crippen LogP contribution in [-0.2, 0) is 6.54 Å². The maximum atomic E-state index is 3.54. The Labute approximate surface area is 87.9 Å². The molecule has 0 spiro atoms. The lowest BCUT2D eigenvalue weighted by molar-refractivity contribution is 0.100. The van der Waals surface area contributed by atoms with Gasteiger partial charge in [-0.05, 0) is 12.0 Å². The van der Waals surface area contributed by atoms with Crippen LogP contribution < -0.4 is 0 Å². The van der Waals surface area contributed by atoms with Gasteiger partial charge in [-0.15, -0.1) is 0 Å². The molecule has 1 fully saturated rings. The van der Waals surface area contributed by atoms with E-state index in [0.717, 1.165) is 17.9 Å². The molecule has 1 aliphatic heterocycles. The van der Waals surface area contributed by atoms with E-state index >= 15 is 0 Å². The van der Waals surface area contributed by atoms with Crippen LogP contribution in [0.1, 0.15) is 12.0 Å². The third-order valence-electron chi connectivity index (χ3n) is 2.67. The van der Waals surface area contributed by atoms with Crippen molar-refractivity contribution in [1.82, 2.24) is 4.90 Å². The van der Waals surface area contributed by atoms with Crippen LogP contribution in [0.2, 0.25) is 0 Å². The molecule has 70 valence electrons. The molecule has 1 atom stereocenters. The SMILES string of the molecule is BrCC1CCN1Cc1ccccc1. The Hall–Kier alpha value is -0.340. The summed E-state index contributed by atoms with van der Waals surface area (Å²) in [6.07, 6.45) is 1.35. The van der Waals surface area contributed by atoms with Gasteiger partial charge < -0.3 is 0 Å². The molecule has 1 unspecified atom stereocenters. The third-order valence-corrected chi connectivity index (χ3v) is 3.42. The Morgan fingerprint density at radius 2 is 2.08 bits per heavy atom. The molecule has 0 aliphatic carbocycles. The van der Waals surface area contributed by atoms with Crippen molar-refractivity contribution in [1.29, 1.82) is 0 Å². The second-order valence-corrected chi connectivity index (χ2v) is 4.20. The number of alkyl halides is 1. The second-order valence-electron chi connectivity index (χ2n) is 3.55. The van der Waals surface area contributed by atoms with Crippen LogP contribution >= 0.6 is 15.9 Å². The second kappa shape index (κ2) is 4.25. The smallest absolute Gasteiger partial charge is 0.0237 e. The molecule has 0 radical (unpaired) electrons. The highest BCUT2D eigenvalue weighted by Gasteiger charge is 2.26. The summed E-state index contributed by atoms with van der Waals surface area (Å²) in [6, 6.07) is 11.4. The molecule has 1 aliphatic rings. The molecule has 0 aromatic heterocycles. The number of nitrogens with zero attached hydrogens (tertiary/aromatic N) is 1. The lowest BCUT2D eigenvalue weighted by Gasteiger charge is -2.40. The van der Waals surface area contributed by atoms with Gasteiger partial charge in [0.1, 0.15) is 0 Å². The maximum absolute atomic E-state index is 3.54. The predicted octanol–water partition coefficient (Wildman–Crippen LogP) is 2.66. The average molecular weight is 240 g/mol. The number of halogens is 1. The van der Waals surface area contributed by atoms with Crippen molar-refractivity contribution in [3.8, 4) is 0 Å². The van der Waals surface area contributed by atoms with Gasteiger partial charge in [0.2, 0.25) is 0 Å². The Kier molecular flexibility index (Phi) is 3.01. The van der Waals surface area contributed by atoms with Gasteiger partial charge in [0.25, 0.3) is 0 Å². The van der Waals surface area contributed by atoms with E-state index in [9.17, 15) is 0 Å². The van der Waals surface area contributed by atoms with E-state index in [2.05, 4.69) is 51.2 Å². The minimum Gasteiger partial charge on any atom is -0.295 e. The Morgan fingerprint density at radius 1 is 1.31 bits per heavy atom. The van der Waals surface area contributed by atoms with Crippen LogP contribution in [0.25, 0.3) is 0 Å². The highest BCUT2D eigenvalue weighted by atomic mass is 79.9. The normalized spacial score (nSPS) is 22.7. The summed E-state index contributed by atoms with van der Waals surface area (Å²) in [4.78, 5) is 2.52. The van der Waals surface area contributed by atoms with Gasteiger partial charge in [0, 0.05) is 24.5 Å². The molecule has 0 bridgehead atoms. The van der Waals surface area contributed by atoms with Crippen molar-refractivity contribution in [2.24, 2.45) is 0 Å². The zero-order valence-electron chi connectivity index (χ0n) is 7.62. The van der Waals surface area contributed by atoms with Crippen molar-refractivity contribution in [3.05, 3.63) is 35.9 Å².